The SMILES string of the molecule is CC1(C)C(=O)N[C@H](c2ccc(N)cc2)c2ccccc21. The lowest BCUT2D eigenvalue weighted by atomic mass is 9.75. The second-order valence-corrected chi connectivity index (χ2v) is 5.79. The molecule has 0 aromatic heterocycles. The van der Waals surface area contributed by atoms with E-state index in [0.29, 0.717) is 0 Å². The van der Waals surface area contributed by atoms with Crippen molar-refractivity contribution in [2.45, 2.75) is 25.3 Å². The summed E-state index contributed by atoms with van der Waals surface area (Å²) in [5.74, 6) is 0.0537. The topological polar surface area (TPSA) is 55.1 Å². The second kappa shape index (κ2) is 4.37. The summed E-state index contributed by atoms with van der Waals surface area (Å²) in [6, 6.07) is 15.7. The molecule has 3 heteroatoms. The fourth-order valence-corrected chi connectivity index (χ4v) is 2.78. The van der Waals surface area contributed by atoms with Gasteiger partial charge in [-0.1, -0.05) is 36.4 Å². The van der Waals surface area contributed by atoms with Gasteiger partial charge in [-0.05, 0) is 42.7 Å². The number of carbonyl (C=O) groups excluding carboxylic acids is 1. The molecule has 1 atom stereocenters. The van der Waals surface area contributed by atoms with Crippen molar-refractivity contribution < 1.29 is 4.79 Å². The van der Waals surface area contributed by atoms with Gasteiger partial charge in [-0.3, -0.25) is 4.79 Å². The van der Waals surface area contributed by atoms with Crippen molar-refractivity contribution in [3.8, 4) is 0 Å². The van der Waals surface area contributed by atoms with Gasteiger partial charge in [0.05, 0.1) is 11.5 Å². The molecule has 2 aromatic carbocycles. The summed E-state index contributed by atoms with van der Waals surface area (Å²) in [7, 11) is 0. The average molecular weight is 266 g/mol. The van der Waals surface area contributed by atoms with Crippen molar-refractivity contribution in [1.82, 2.24) is 5.32 Å². The van der Waals surface area contributed by atoms with E-state index in [9.17, 15) is 4.79 Å². The molecular weight excluding hydrogens is 248 g/mol. The van der Waals surface area contributed by atoms with Gasteiger partial charge in [-0.25, -0.2) is 0 Å². The van der Waals surface area contributed by atoms with E-state index in [1.165, 1.54) is 0 Å². The minimum Gasteiger partial charge on any atom is -0.399 e. The van der Waals surface area contributed by atoms with Gasteiger partial charge >= 0.3 is 0 Å². The number of amides is 1. The third-order valence-corrected chi connectivity index (χ3v) is 4.06. The number of nitrogen functional groups attached to an aromatic ring is 1. The predicted molar refractivity (Wildman–Crippen MR) is 80.3 cm³/mol. The number of rotatable bonds is 1. The van der Waals surface area contributed by atoms with Crippen LogP contribution in [0.4, 0.5) is 5.69 Å². The van der Waals surface area contributed by atoms with Crippen LogP contribution in [0.5, 0.6) is 0 Å². The van der Waals surface area contributed by atoms with Gasteiger partial charge in [0.2, 0.25) is 5.91 Å². The van der Waals surface area contributed by atoms with Crippen molar-refractivity contribution in [1.29, 1.82) is 0 Å². The van der Waals surface area contributed by atoms with Crippen molar-refractivity contribution in [3.05, 3.63) is 65.2 Å². The molecule has 1 aliphatic heterocycles. The lowest BCUT2D eigenvalue weighted by Crippen LogP contribution is -2.47. The molecule has 0 fully saturated rings. The Balaban J connectivity index is 2.14. The molecule has 20 heavy (non-hydrogen) atoms. The highest BCUT2D eigenvalue weighted by Gasteiger charge is 2.39. The van der Waals surface area contributed by atoms with E-state index in [4.69, 9.17) is 5.73 Å². The number of nitrogens with two attached hydrogens (primary N) is 1. The summed E-state index contributed by atoms with van der Waals surface area (Å²) >= 11 is 0. The fraction of sp³-hybridized carbons (Fsp3) is 0.235. The van der Waals surface area contributed by atoms with Crippen molar-refractivity contribution >= 4 is 11.6 Å². The van der Waals surface area contributed by atoms with Gasteiger partial charge in [-0.2, -0.15) is 0 Å². The molecule has 1 amide bonds. The molecule has 3 rings (SSSR count). The first-order chi connectivity index (χ1) is 9.50. The lowest BCUT2D eigenvalue weighted by molar-refractivity contribution is -0.126. The molecule has 0 saturated heterocycles. The zero-order chi connectivity index (χ0) is 14.3. The van der Waals surface area contributed by atoms with Crippen molar-refractivity contribution in [3.63, 3.8) is 0 Å². The van der Waals surface area contributed by atoms with Crippen LogP contribution in [0, 0.1) is 0 Å². The van der Waals surface area contributed by atoms with E-state index in [-0.39, 0.29) is 11.9 Å². The van der Waals surface area contributed by atoms with E-state index < -0.39 is 5.41 Å². The third kappa shape index (κ3) is 1.86. The summed E-state index contributed by atoms with van der Waals surface area (Å²) < 4.78 is 0. The smallest absolute Gasteiger partial charge is 0.230 e. The molecule has 0 spiro atoms. The molecule has 0 saturated carbocycles. The first-order valence-electron chi connectivity index (χ1n) is 6.76. The molecule has 1 heterocycles. The van der Waals surface area contributed by atoms with Crippen LogP contribution in [0.3, 0.4) is 0 Å². The lowest BCUT2D eigenvalue weighted by Gasteiger charge is -2.37. The summed E-state index contributed by atoms with van der Waals surface area (Å²) in [6.45, 7) is 3.92. The highest BCUT2D eigenvalue weighted by molar-refractivity contribution is 5.90. The van der Waals surface area contributed by atoms with E-state index in [0.717, 1.165) is 22.4 Å². The molecular formula is C17H18N2O. The normalized spacial score (nSPS) is 20.1. The highest BCUT2D eigenvalue weighted by Crippen LogP contribution is 2.37. The minimum atomic E-state index is -0.499. The minimum absolute atomic E-state index is 0.0537. The number of benzene rings is 2. The van der Waals surface area contributed by atoms with Gasteiger partial charge in [0.25, 0.3) is 0 Å². The predicted octanol–water partition coefficient (Wildman–Crippen LogP) is 2.77. The Morgan fingerprint density at radius 3 is 2.40 bits per heavy atom. The van der Waals surface area contributed by atoms with Crippen LogP contribution >= 0.6 is 0 Å². The van der Waals surface area contributed by atoms with Crippen molar-refractivity contribution in [2.24, 2.45) is 0 Å². The molecule has 102 valence electrons. The molecule has 2 aromatic rings. The first-order valence-corrected chi connectivity index (χ1v) is 6.76. The molecule has 1 aliphatic rings. The summed E-state index contributed by atoms with van der Waals surface area (Å²) in [6.07, 6.45) is 0. The van der Waals surface area contributed by atoms with Crippen LogP contribution in [0.15, 0.2) is 48.5 Å². The number of hydrogen-bond donors (Lipinski definition) is 2. The Bertz CT molecular complexity index is 659. The standard InChI is InChI=1S/C17H18N2O/c1-17(2)14-6-4-3-5-13(14)15(19-16(17)20)11-7-9-12(18)10-8-11/h3-10,15H,18H2,1-2H3,(H,19,20)/t15-/m1/s1. The first kappa shape index (κ1) is 12.7. The maximum absolute atomic E-state index is 12.4. The number of hydrogen-bond acceptors (Lipinski definition) is 2. The van der Waals surface area contributed by atoms with Gasteiger partial charge in [0.15, 0.2) is 0 Å². The average Bonchev–Trinajstić information content (AvgIpc) is 2.44. The molecule has 0 bridgehead atoms. The molecule has 0 unspecified atom stereocenters. The Hall–Kier alpha value is -2.29. The Morgan fingerprint density at radius 1 is 1.05 bits per heavy atom. The number of anilines is 1. The number of nitrogens with one attached hydrogen (secondary N) is 1. The Labute approximate surface area is 118 Å². The molecule has 3 N–H and O–H groups in total. The Kier molecular flexibility index (Phi) is 2.78. The van der Waals surface area contributed by atoms with Crippen LogP contribution in [0.25, 0.3) is 0 Å². The fourth-order valence-electron chi connectivity index (χ4n) is 2.78. The highest BCUT2D eigenvalue weighted by atomic mass is 16.2. The zero-order valence-electron chi connectivity index (χ0n) is 11.7. The third-order valence-electron chi connectivity index (χ3n) is 4.06. The maximum Gasteiger partial charge on any atom is 0.230 e. The second-order valence-electron chi connectivity index (χ2n) is 5.79. The van der Waals surface area contributed by atoms with E-state index in [1.807, 2.05) is 56.3 Å². The molecule has 0 aliphatic carbocycles. The zero-order valence-corrected chi connectivity index (χ0v) is 11.7. The van der Waals surface area contributed by atoms with Crippen LogP contribution in [0.2, 0.25) is 0 Å². The number of carbonyl (C=O) groups is 1. The van der Waals surface area contributed by atoms with Crippen molar-refractivity contribution in [2.75, 3.05) is 5.73 Å². The van der Waals surface area contributed by atoms with Gasteiger partial charge in [0, 0.05) is 5.69 Å². The van der Waals surface area contributed by atoms with Crippen LogP contribution < -0.4 is 11.1 Å². The van der Waals surface area contributed by atoms with Gasteiger partial charge in [0.1, 0.15) is 0 Å². The Morgan fingerprint density at radius 2 is 1.70 bits per heavy atom. The van der Waals surface area contributed by atoms with Gasteiger partial charge in [-0.15, -0.1) is 0 Å². The van der Waals surface area contributed by atoms with E-state index >= 15 is 0 Å². The van der Waals surface area contributed by atoms with Crippen LogP contribution in [-0.4, -0.2) is 5.91 Å². The van der Waals surface area contributed by atoms with Crippen LogP contribution in [0.1, 0.15) is 36.6 Å². The van der Waals surface area contributed by atoms with E-state index in [1.54, 1.807) is 0 Å². The molecule has 0 radical (unpaired) electrons. The largest absolute Gasteiger partial charge is 0.399 e. The summed E-state index contributed by atoms with van der Waals surface area (Å²) in [5, 5.41) is 3.12. The van der Waals surface area contributed by atoms with Crippen LogP contribution in [-0.2, 0) is 10.2 Å². The number of fused-ring (bicyclic) bond motifs is 1. The summed E-state index contributed by atoms with van der Waals surface area (Å²) in [4.78, 5) is 12.4. The summed E-state index contributed by atoms with van der Waals surface area (Å²) in [5.41, 5.74) is 9.26. The monoisotopic (exact) mass is 266 g/mol. The van der Waals surface area contributed by atoms with E-state index in [2.05, 4.69) is 11.4 Å². The van der Waals surface area contributed by atoms with Gasteiger partial charge < -0.3 is 11.1 Å². The maximum atomic E-state index is 12.4. The molecule has 3 nitrogen and oxygen atoms in total. The quantitative estimate of drug-likeness (QED) is 0.780.